The number of aromatic nitrogens is 2. The predicted molar refractivity (Wildman–Crippen MR) is 108 cm³/mol. The molecule has 2 amide bonds. The van der Waals surface area contributed by atoms with E-state index >= 15 is 0 Å². The summed E-state index contributed by atoms with van der Waals surface area (Å²) in [5, 5.41) is 2.96. The van der Waals surface area contributed by atoms with Crippen LogP contribution in [0.2, 0.25) is 0 Å². The summed E-state index contributed by atoms with van der Waals surface area (Å²) in [5.41, 5.74) is 2.44. The van der Waals surface area contributed by atoms with E-state index in [1.54, 1.807) is 6.33 Å². The van der Waals surface area contributed by atoms with Crippen LogP contribution in [-0.4, -0.2) is 45.9 Å². The molecule has 0 radical (unpaired) electrons. The first-order chi connectivity index (χ1) is 14.2. The smallest absolute Gasteiger partial charge is 0.274 e. The average molecular weight is 396 g/mol. The number of fused-ring (bicyclic) bond motifs is 1. The lowest BCUT2D eigenvalue weighted by atomic mass is 9.95. The molecule has 0 saturated carbocycles. The van der Waals surface area contributed by atoms with Crippen LogP contribution in [0.4, 0.5) is 0 Å². The van der Waals surface area contributed by atoms with Crippen LogP contribution in [-0.2, 0) is 22.7 Å². The lowest BCUT2D eigenvalue weighted by Gasteiger charge is -2.31. The van der Waals surface area contributed by atoms with Crippen LogP contribution in [0.15, 0.2) is 36.7 Å². The van der Waals surface area contributed by atoms with Gasteiger partial charge < -0.3 is 19.5 Å². The third kappa shape index (κ3) is 4.19. The second kappa shape index (κ2) is 8.78. The molecule has 1 aromatic heterocycles. The predicted octanol–water partition coefficient (Wildman–Crippen LogP) is 2.53. The van der Waals surface area contributed by atoms with Gasteiger partial charge in [0.15, 0.2) is 5.69 Å². The molecule has 1 unspecified atom stereocenters. The zero-order valence-electron chi connectivity index (χ0n) is 16.8. The van der Waals surface area contributed by atoms with Crippen LogP contribution >= 0.6 is 0 Å². The third-order valence-corrected chi connectivity index (χ3v) is 5.81. The second-order valence-electron chi connectivity index (χ2n) is 7.76. The highest BCUT2D eigenvalue weighted by Crippen LogP contribution is 2.28. The number of carbonyl (C=O) groups excluding carboxylic acids is 2. The largest absolute Gasteiger partial charge is 0.365 e. The highest BCUT2D eigenvalue weighted by Gasteiger charge is 2.32. The van der Waals surface area contributed by atoms with Crippen molar-refractivity contribution in [1.82, 2.24) is 19.8 Å². The van der Waals surface area contributed by atoms with Crippen molar-refractivity contribution in [2.75, 3.05) is 19.6 Å². The van der Waals surface area contributed by atoms with Crippen molar-refractivity contribution in [2.24, 2.45) is 5.92 Å². The van der Waals surface area contributed by atoms with Crippen LogP contribution < -0.4 is 5.32 Å². The van der Waals surface area contributed by atoms with E-state index in [0.29, 0.717) is 51.3 Å². The number of nitrogens with zero attached hydrogens (tertiary/aromatic N) is 3. The Kier molecular flexibility index (Phi) is 5.94. The van der Waals surface area contributed by atoms with Gasteiger partial charge in [-0.25, -0.2) is 4.98 Å². The summed E-state index contributed by atoms with van der Waals surface area (Å²) in [6.07, 6.45) is 4.04. The molecule has 1 atom stereocenters. The number of rotatable bonds is 5. The zero-order chi connectivity index (χ0) is 20.2. The maximum absolute atomic E-state index is 13.0. The molecule has 7 heteroatoms. The molecule has 4 rings (SSSR count). The molecule has 0 spiro atoms. The van der Waals surface area contributed by atoms with Crippen LogP contribution in [0.1, 0.15) is 54.0 Å². The molecular formula is C22H28N4O3. The van der Waals surface area contributed by atoms with Gasteiger partial charge in [0.2, 0.25) is 5.91 Å². The topological polar surface area (TPSA) is 76.5 Å². The van der Waals surface area contributed by atoms with Crippen molar-refractivity contribution in [3.05, 3.63) is 53.6 Å². The number of nitrogens with one attached hydrogen (secondary N) is 1. The summed E-state index contributed by atoms with van der Waals surface area (Å²) in [4.78, 5) is 31.4. The molecule has 0 aliphatic carbocycles. The van der Waals surface area contributed by atoms with Crippen molar-refractivity contribution in [2.45, 2.75) is 45.4 Å². The Morgan fingerprint density at radius 3 is 2.69 bits per heavy atom. The van der Waals surface area contributed by atoms with E-state index in [0.717, 1.165) is 17.7 Å². The summed E-state index contributed by atoms with van der Waals surface area (Å²) < 4.78 is 8.06. The Morgan fingerprint density at radius 2 is 1.97 bits per heavy atom. The fraction of sp³-hybridized carbons (Fsp3) is 0.500. The summed E-state index contributed by atoms with van der Waals surface area (Å²) in [5.74, 6) is 0.0445. The number of hydrogen-bond donors (Lipinski definition) is 1. The van der Waals surface area contributed by atoms with Gasteiger partial charge in [0, 0.05) is 25.6 Å². The number of carbonyl (C=O) groups is 2. The minimum Gasteiger partial charge on any atom is -0.365 e. The molecule has 3 heterocycles. The molecule has 2 aliphatic rings. The van der Waals surface area contributed by atoms with Gasteiger partial charge in [-0.1, -0.05) is 37.3 Å². The monoisotopic (exact) mass is 396 g/mol. The van der Waals surface area contributed by atoms with E-state index in [1.807, 2.05) is 34.6 Å². The van der Waals surface area contributed by atoms with Gasteiger partial charge in [0.25, 0.3) is 5.91 Å². The van der Waals surface area contributed by atoms with Gasteiger partial charge in [-0.05, 0) is 24.8 Å². The van der Waals surface area contributed by atoms with Crippen LogP contribution in [0.3, 0.4) is 0 Å². The molecule has 154 valence electrons. The van der Waals surface area contributed by atoms with Gasteiger partial charge in [-0.3, -0.25) is 9.59 Å². The first kappa shape index (κ1) is 19.6. The number of imidazole rings is 1. The standard InChI is InChI=1S/C22H28N4O3/c1-2-10-23-21(27)17-8-11-25(12-9-17)22(28)20-18-14-29-19(13-26(18)15-24-20)16-6-4-3-5-7-16/h3-7,15,17,19H,2,8-14H2,1H3,(H,23,27). The Hall–Kier alpha value is -2.67. The van der Waals surface area contributed by atoms with Crippen LogP contribution in [0.5, 0.6) is 0 Å². The fourth-order valence-corrected chi connectivity index (χ4v) is 4.06. The normalized spacial score (nSPS) is 19.6. The number of benzene rings is 1. The third-order valence-electron chi connectivity index (χ3n) is 5.81. The Bertz CT molecular complexity index is 856. The molecule has 2 aromatic rings. The van der Waals surface area contributed by atoms with E-state index in [-0.39, 0.29) is 23.8 Å². The summed E-state index contributed by atoms with van der Waals surface area (Å²) in [6.45, 7) is 4.95. The molecule has 1 N–H and O–H groups in total. The molecule has 2 aliphatic heterocycles. The van der Waals surface area contributed by atoms with Crippen LogP contribution in [0.25, 0.3) is 0 Å². The first-order valence-electron chi connectivity index (χ1n) is 10.4. The van der Waals surface area contributed by atoms with E-state index < -0.39 is 0 Å². The molecule has 1 saturated heterocycles. The lowest BCUT2D eigenvalue weighted by Crippen LogP contribution is -2.43. The van der Waals surface area contributed by atoms with E-state index in [1.165, 1.54) is 0 Å². The van der Waals surface area contributed by atoms with Gasteiger partial charge in [-0.15, -0.1) is 0 Å². The Morgan fingerprint density at radius 1 is 1.21 bits per heavy atom. The number of amides is 2. The summed E-state index contributed by atoms with van der Waals surface area (Å²) in [6, 6.07) is 10.1. The van der Waals surface area contributed by atoms with Gasteiger partial charge in [0.05, 0.1) is 25.2 Å². The van der Waals surface area contributed by atoms with E-state index in [4.69, 9.17) is 4.74 Å². The molecule has 0 bridgehead atoms. The first-order valence-corrected chi connectivity index (χ1v) is 10.4. The van der Waals surface area contributed by atoms with Crippen molar-refractivity contribution < 1.29 is 14.3 Å². The van der Waals surface area contributed by atoms with Gasteiger partial charge >= 0.3 is 0 Å². The van der Waals surface area contributed by atoms with Gasteiger partial charge in [-0.2, -0.15) is 0 Å². The second-order valence-corrected chi connectivity index (χ2v) is 7.76. The number of piperidine rings is 1. The van der Waals surface area contributed by atoms with Gasteiger partial charge in [0.1, 0.15) is 6.10 Å². The Labute approximate surface area is 171 Å². The van der Waals surface area contributed by atoms with Crippen molar-refractivity contribution in [1.29, 1.82) is 0 Å². The average Bonchev–Trinajstić information content (AvgIpc) is 3.21. The fourth-order valence-electron chi connectivity index (χ4n) is 4.06. The van der Waals surface area contributed by atoms with E-state index in [2.05, 4.69) is 22.4 Å². The lowest BCUT2D eigenvalue weighted by molar-refractivity contribution is -0.126. The highest BCUT2D eigenvalue weighted by molar-refractivity contribution is 5.93. The molecular weight excluding hydrogens is 368 g/mol. The van der Waals surface area contributed by atoms with E-state index in [9.17, 15) is 9.59 Å². The highest BCUT2D eigenvalue weighted by atomic mass is 16.5. The Balaban J connectivity index is 1.38. The maximum Gasteiger partial charge on any atom is 0.274 e. The quantitative estimate of drug-likeness (QED) is 0.843. The zero-order valence-corrected chi connectivity index (χ0v) is 16.8. The van der Waals surface area contributed by atoms with Crippen molar-refractivity contribution in [3.63, 3.8) is 0 Å². The molecule has 7 nitrogen and oxygen atoms in total. The van der Waals surface area contributed by atoms with Crippen molar-refractivity contribution >= 4 is 11.8 Å². The summed E-state index contributed by atoms with van der Waals surface area (Å²) in [7, 11) is 0. The number of ether oxygens (including phenoxy) is 1. The maximum atomic E-state index is 13.0. The van der Waals surface area contributed by atoms with Crippen LogP contribution in [0, 0.1) is 5.92 Å². The number of hydrogen-bond acceptors (Lipinski definition) is 4. The minimum atomic E-state index is -0.0621. The molecule has 1 fully saturated rings. The van der Waals surface area contributed by atoms with Crippen molar-refractivity contribution in [3.8, 4) is 0 Å². The minimum absolute atomic E-state index is 0.00326. The summed E-state index contributed by atoms with van der Waals surface area (Å²) >= 11 is 0. The molecule has 29 heavy (non-hydrogen) atoms. The number of likely N-dealkylation sites (tertiary alicyclic amines) is 1. The molecule has 1 aromatic carbocycles. The SMILES string of the molecule is CCCNC(=O)C1CCN(C(=O)c2ncn3c2COC(c2ccccc2)C3)CC1.